The molecule has 1 saturated carbocycles. The Morgan fingerprint density at radius 3 is 2.50 bits per heavy atom. The average molecular weight is 298 g/mol. The lowest BCUT2D eigenvalue weighted by atomic mass is 9.82. The first-order valence-electron chi connectivity index (χ1n) is 6.99. The van der Waals surface area contributed by atoms with Crippen molar-refractivity contribution in [2.75, 3.05) is 0 Å². The lowest BCUT2D eigenvalue weighted by Crippen LogP contribution is -2.28. The number of nitrogens with zero attached hydrogens (tertiary/aromatic N) is 1. The number of ether oxygens (including phenoxy) is 1. The van der Waals surface area contributed by atoms with Crippen LogP contribution in [-0.4, -0.2) is 11.0 Å². The maximum Gasteiger partial charge on any atom is 0.310 e. The van der Waals surface area contributed by atoms with Crippen molar-refractivity contribution in [3.63, 3.8) is 0 Å². The largest absolute Gasteiger partial charge is 0.483 e. The zero-order chi connectivity index (χ0) is 14.7. The molecule has 2 unspecified atom stereocenters. The third-order valence-corrected chi connectivity index (χ3v) is 4.11. The van der Waals surface area contributed by atoms with Gasteiger partial charge < -0.3 is 4.74 Å². The van der Waals surface area contributed by atoms with Crippen LogP contribution in [-0.2, 0) is 5.88 Å². The summed E-state index contributed by atoms with van der Waals surface area (Å²) in [6.45, 7) is 4.41. The maximum absolute atomic E-state index is 11.1. The minimum atomic E-state index is -0.400. The molecule has 110 valence electrons. The first kappa shape index (κ1) is 15.1. The molecule has 1 aliphatic rings. The molecule has 2 atom stereocenters. The van der Waals surface area contributed by atoms with Crippen LogP contribution in [0.1, 0.15) is 38.7 Å². The van der Waals surface area contributed by atoms with E-state index in [2.05, 4.69) is 13.8 Å². The number of nitro benzene ring substituents is 1. The van der Waals surface area contributed by atoms with Crippen molar-refractivity contribution in [3.8, 4) is 5.75 Å². The van der Waals surface area contributed by atoms with Gasteiger partial charge in [-0.15, -0.1) is 11.6 Å². The number of nitro groups is 1. The third-order valence-electron chi connectivity index (χ3n) is 3.80. The molecule has 4 nitrogen and oxygen atoms in total. The quantitative estimate of drug-likeness (QED) is 0.466. The van der Waals surface area contributed by atoms with E-state index in [9.17, 15) is 10.1 Å². The second kappa shape index (κ2) is 6.44. The summed E-state index contributed by atoms with van der Waals surface area (Å²) in [5, 5.41) is 11.1. The van der Waals surface area contributed by atoms with Gasteiger partial charge in [-0.25, -0.2) is 0 Å². The predicted molar refractivity (Wildman–Crippen MR) is 79.2 cm³/mol. The van der Waals surface area contributed by atoms with Crippen molar-refractivity contribution in [3.05, 3.63) is 33.9 Å². The van der Waals surface area contributed by atoms with Crippen LogP contribution in [0.2, 0.25) is 0 Å². The van der Waals surface area contributed by atoms with Gasteiger partial charge in [0.2, 0.25) is 0 Å². The van der Waals surface area contributed by atoms with Crippen LogP contribution >= 0.6 is 11.6 Å². The van der Waals surface area contributed by atoms with E-state index in [4.69, 9.17) is 16.3 Å². The molecule has 0 aliphatic heterocycles. The molecule has 1 fully saturated rings. The van der Waals surface area contributed by atoms with Crippen molar-refractivity contribution in [2.45, 2.75) is 45.1 Å². The number of rotatable bonds is 4. The molecule has 1 aromatic carbocycles. The number of halogens is 1. The van der Waals surface area contributed by atoms with Crippen LogP contribution in [0.15, 0.2) is 18.2 Å². The van der Waals surface area contributed by atoms with Gasteiger partial charge in [-0.2, -0.15) is 0 Å². The highest BCUT2D eigenvalue weighted by Gasteiger charge is 2.27. The lowest BCUT2D eigenvalue weighted by molar-refractivity contribution is -0.386. The van der Waals surface area contributed by atoms with E-state index in [1.54, 1.807) is 12.1 Å². The summed E-state index contributed by atoms with van der Waals surface area (Å²) in [5.41, 5.74) is 0.855. The molecule has 0 bridgehead atoms. The summed E-state index contributed by atoms with van der Waals surface area (Å²) in [5.74, 6) is 1.86. The van der Waals surface area contributed by atoms with Gasteiger partial charge >= 0.3 is 5.69 Å². The van der Waals surface area contributed by atoms with Gasteiger partial charge in [-0.05, 0) is 42.7 Å². The summed E-state index contributed by atoms with van der Waals surface area (Å²) in [7, 11) is 0. The van der Waals surface area contributed by atoms with Crippen LogP contribution in [0.4, 0.5) is 5.69 Å². The summed E-state index contributed by atoms with van der Waals surface area (Å²) in [6, 6.07) is 4.84. The third kappa shape index (κ3) is 3.63. The molecule has 5 heteroatoms. The number of hydrogen-bond acceptors (Lipinski definition) is 3. The minimum absolute atomic E-state index is 0.0183. The number of hydrogen-bond donors (Lipinski definition) is 0. The molecule has 2 rings (SSSR count). The van der Waals surface area contributed by atoms with E-state index in [0.717, 1.165) is 18.4 Å². The van der Waals surface area contributed by atoms with Crippen LogP contribution in [0, 0.1) is 22.0 Å². The van der Waals surface area contributed by atoms with E-state index in [1.807, 2.05) is 0 Å². The Morgan fingerprint density at radius 2 is 1.95 bits per heavy atom. The molecule has 20 heavy (non-hydrogen) atoms. The molecule has 1 aliphatic carbocycles. The zero-order valence-electron chi connectivity index (χ0n) is 11.8. The van der Waals surface area contributed by atoms with Gasteiger partial charge in [0.05, 0.1) is 11.0 Å². The van der Waals surface area contributed by atoms with Gasteiger partial charge in [0.1, 0.15) is 0 Å². The summed E-state index contributed by atoms with van der Waals surface area (Å²) >= 11 is 5.79. The molecular weight excluding hydrogens is 278 g/mol. The van der Waals surface area contributed by atoms with Crippen LogP contribution < -0.4 is 4.74 Å². The van der Waals surface area contributed by atoms with Crippen LogP contribution in [0.3, 0.4) is 0 Å². The lowest BCUT2D eigenvalue weighted by Gasteiger charge is -2.31. The van der Waals surface area contributed by atoms with E-state index in [1.165, 1.54) is 12.5 Å². The fourth-order valence-electron chi connectivity index (χ4n) is 3.04. The van der Waals surface area contributed by atoms with Gasteiger partial charge in [-0.1, -0.05) is 19.9 Å². The van der Waals surface area contributed by atoms with E-state index in [-0.39, 0.29) is 11.8 Å². The Balaban J connectivity index is 2.20. The second-order valence-electron chi connectivity index (χ2n) is 5.85. The maximum atomic E-state index is 11.1. The fourth-order valence-corrected chi connectivity index (χ4v) is 3.20. The zero-order valence-corrected chi connectivity index (χ0v) is 12.6. The van der Waals surface area contributed by atoms with Crippen molar-refractivity contribution in [2.24, 2.45) is 11.8 Å². The van der Waals surface area contributed by atoms with E-state index in [0.29, 0.717) is 23.5 Å². The van der Waals surface area contributed by atoms with Crippen molar-refractivity contribution in [1.82, 2.24) is 0 Å². The molecule has 0 radical (unpaired) electrons. The molecule has 1 aromatic rings. The van der Waals surface area contributed by atoms with Crippen molar-refractivity contribution >= 4 is 17.3 Å². The molecule has 0 saturated heterocycles. The molecule has 0 heterocycles. The van der Waals surface area contributed by atoms with Crippen molar-refractivity contribution in [1.29, 1.82) is 0 Å². The summed E-state index contributed by atoms with van der Waals surface area (Å²) in [4.78, 5) is 10.7. The number of benzene rings is 1. The normalized spacial score (nSPS) is 26.2. The monoisotopic (exact) mass is 297 g/mol. The highest BCUT2D eigenvalue weighted by molar-refractivity contribution is 6.17. The van der Waals surface area contributed by atoms with Gasteiger partial charge in [0.25, 0.3) is 0 Å². The van der Waals surface area contributed by atoms with Gasteiger partial charge in [0.15, 0.2) is 5.75 Å². The number of alkyl halides is 1. The molecule has 0 N–H and O–H groups in total. The minimum Gasteiger partial charge on any atom is -0.483 e. The first-order chi connectivity index (χ1) is 9.49. The summed E-state index contributed by atoms with van der Waals surface area (Å²) < 4.78 is 5.93. The first-order valence-corrected chi connectivity index (χ1v) is 7.53. The van der Waals surface area contributed by atoms with Crippen LogP contribution in [0.5, 0.6) is 5.75 Å². The SMILES string of the molecule is CC1CC(C)CC(Oc2cc(CCl)ccc2[N+](=O)[O-])C1. The smallest absolute Gasteiger partial charge is 0.310 e. The highest BCUT2D eigenvalue weighted by Crippen LogP contribution is 2.35. The standard InChI is InChI=1S/C15H20ClNO3/c1-10-5-11(2)7-13(6-10)20-15-8-12(9-16)3-4-14(15)17(18)19/h3-4,8,10-11,13H,5-7,9H2,1-2H3. The highest BCUT2D eigenvalue weighted by atomic mass is 35.5. The molecular formula is C15H20ClNO3. The average Bonchev–Trinajstić information content (AvgIpc) is 2.37. The van der Waals surface area contributed by atoms with Gasteiger partial charge in [0, 0.05) is 11.9 Å². The van der Waals surface area contributed by atoms with Gasteiger partial charge in [-0.3, -0.25) is 10.1 Å². The van der Waals surface area contributed by atoms with Crippen molar-refractivity contribution < 1.29 is 9.66 Å². The Bertz CT molecular complexity index is 482. The Morgan fingerprint density at radius 1 is 1.30 bits per heavy atom. The summed E-state index contributed by atoms with van der Waals surface area (Å²) in [6.07, 6.45) is 3.15. The molecule has 0 spiro atoms. The van der Waals surface area contributed by atoms with Crippen LogP contribution in [0.25, 0.3) is 0 Å². The van der Waals surface area contributed by atoms with E-state index >= 15 is 0 Å². The molecule has 0 aromatic heterocycles. The molecule has 0 amide bonds. The Hall–Kier alpha value is -1.29. The Kier molecular flexibility index (Phi) is 4.86. The topological polar surface area (TPSA) is 52.4 Å². The second-order valence-corrected chi connectivity index (χ2v) is 6.12. The Labute approximate surface area is 124 Å². The predicted octanol–water partition coefficient (Wildman–Crippen LogP) is 4.54. The fraction of sp³-hybridized carbons (Fsp3) is 0.600. The van der Waals surface area contributed by atoms with E-state index < -0.39 is 4.92 Å².